The summed E-state index contributed by atoms with van der Waals surface area (Å²) in [6.45, 7) is 9.75. The van der Waals surface area contributed by atoms with E-state index in [-0.39, 0.29) is 5.97 Å². The molecule has 2 nitrogen and oxygen atoms in total. The number of hydrogen-bond acceptors (Lipinski definition) is 2. The lowest BCUT2D eigenvalue weighted by Gasteiger charge is -2.16. The molecule has 0 spiro atoms. The molecule has 162 valence electrons. The number of unbranched alkanes of at least 4 members (excludes halogenated alkanes) is 6. The Morgan fingerprint density at radius 3 is 1.85 bits per heavy atom. The molecule has 27 heavy (non-hydrogen) atoms. The molecule has 0 bridgehead atoms. The maximum atomic E-state index is 11.9. The van der Waals surface area contributed by atoms with Crippen molar-refractivity contribution in [1.29, 1.82) is 0 Å². The highest BCUT2D eigenvalue weighted by atomic mass is 16.5. The predicted molar refractivity (Wildman–Crippen MR) is 119 cm³/mol. The summed E-state index contributed by atoms with van der Waals surface area (Å²) < 4.78 is 5.46. The summed E-state index contributed by atoms with van der Waals surface area (Å²) in [5.41, 5.74) is 0. The third kappa shape index (κ3) is 17.3. The zero-order valence-corrected chi connectivity index (χ0v) is 19.2. The van der Waals surface area contributed by atoms with Gasteiger partial charge in [0.25, 0.3) is 0 Å². The minimum absolute atomic E-state index is 0.0177. The second kappa shape index (κ2) is 20.2. The van der Waals surface area contributed by atoms with Gasteiger partial charge in [0, 0.05) is 6.42 Å². The van der Waals surface area contributed by atoms with Gasteiger partial charge < -0.3 is 4.74 Å². The molecule has 0 aromatic carbocycles. The van der Waals surface area contributed by atoms with Crippen molar-refractivity contribution in [2.75, 3.05) is 6.61 Å². The van der Waals surface area contributed by atoms with Gasteiger partial charge >= 0.3 is 5.97 Å². The number of rotatable bonds is 20. The van der Waals surface area contributed by atoms with E-state index in [1.807, 2.05) is 0 Å². The van der Waals surface area contributed by atoms with Crippen molar-refractivity contribution in [3.63, 3.8) is 0 Å². The summed E-state index contributed by atoms with van der Waals surface area (Å²) in [6.07, 6.45) is 21.0. The second-order valence-electron chi connectivity index (χ2n) is 8.50. The Hall–Kier alpha value is -0.530. The first-order chi connectivity index (χ1) is 13.2. The van der Waals surface area contributed by atoms with Gasteiger partial charge in [0.15, 0.2) is 0 Å². The van der Waals surface area contributed by atoms with Crippen LogP contribution >= 0.6 is 0 Å². The maximum Gasteiger partial charge on any atom is 0.305 e. The molecule has 2 heteroatoms. The van der Waals surface area contributed by atoms with Crippen LogP contribution in [0.3, 0.4) is 0 Å². The Balaban J connectivity index is 3.64. The van der Waals surface area contributed by atoms with Gasteiger partial charge in [-0.05, 0) is 31.1 Å². The normalized spacial score (nSPS) is 12.5. The average Bonchev–Trinajstić information content (AvgIpc) is 2.67. The van der Waals surface area contributed by atoms with E-state index in [2.05, 4.69) is 27.7 Å². The highest BCUT2D eigenvalue weighted by Crippen LogP contribution is 2.21. The van der Waals surface area contributed by atoms with Crippen LogP contribution in [0.1, 0.15) is 137 Å². The van der Waals surface area contributed by atoms with Crippen LogP contribution in [0.25, 0.3) is 0 Å². The number of hydrogen-bond donors (Lipinski definition) is 0. The molecule has 0 aliphatic rings. The van der Waals surface area contributed by atoms with E-state index >= 15 is 0 Å². The molecule has 0 saturated heterocycles. The molecule has 1 atom stereocenters. The molecule has 0 aliphatic carbocycles. The number of carbonyl (C=O) groups is 1. The van der Waals surface area contributed by atoms with Crippen LogP contribution in [-0.4, -0.2) is 12.6 Å². The third-order valence-corrected chi connectivity index (χ3v) is 6.08. The Kier molecular flexibility index (Phi) is 19.8. The lowest BCUT2D eigenvalue weighted by Crippen LogP contribution is -2.08. The highest BCUT2D eigenvalue weighted by Gasteiger charge is 2.09. The van der Waals surface area contributed by atoms with E-state index in [9.17, 15) is 4.79 Å². The van der Waals surface area contributed by atoms with Gasteiger partial charge in [-0.25, -0.2) is 0 Å². The van der Waals surface area contributed by atoms with Crippen molar-refractivity contribution < 1.29 is 9.53 Å². The number of esters is 1. The molecule has 1 unspecified atom stereocenters. The van der Waals surface area contributed by atoms with Gasteiger partial charge in [0.05, 0.1) is 6.61 Å². The van der Waals surface area contributed by atoms with Crippen LogP contribution in [0, 0.1) is 11.8 Å². The van der Waals surface area contributed by atoms with E-state index in [4.69, 9.17) is 4.74 Å². The Labute approximate surface area is 171 Å². The van der Waals surface area contributed by atoms with Crippen molar-refractivity contribution in [1.82, 2.24) is 0 Å². The lowest BCUT2D eigenvalue weighted by atomic mass is 9.92. The van der Waals surface area contributed by atoms with Crippen LogP contribution in [-0.2, 0) is 9.53 Å². The van der Waals surface area contributed by atoms with Crippen LogP contribution in [0.4, 0.5) is 0 Å². The number of carbonyl (C=O) groups excluding carboxylic acids is 1. The van der Waals surface area contributed by atoms with Gasteiger partial charge in [-0.1, -0.05) is 111 Å². The predicted octanol–water partition coefficient (Wildman–Crippen LogP) is 8.47. The molecule has 0 fully saturated rings. The minimum atomic E-state index is 0.0177. The molecule has 0 aromatic rings. The fraction of sp³-hybridized carbons (Fsp3) is 0.960. The molecule has 0 amide bonds. The maximum absolute atomic E-state index is 11.9. The fourth-order valence-corrected chi connectivity index (χ4v) is 4.08. The molecule has 0 N–H and O–H groups in total. The van der Waals surface area contributed by atoms with E-state index in [1.165, 1.54) is 89.9 Å². The quantitative estimate of drug-likeness (QED) is 0.156. The Morgan fingerprint density at radius 1 is 0.630 bits per heavy atom. The Bertz CT molecular complexity index is 309. The lowest BCUT2D eigenvalue weighted by molar-refractivity contribution is -0.144. The molecule has 0 rings (SSSR count). The van der Waals surface area contributed by atoms with Gasteiger partial charge in [-0.3, -0.25) is 4.79 Å². The third-order valence-electron chi connectivity index (χ3n) is 6.08. The van der Waals surface area contributed by atoms with E-state index in [0.29, 0.717) is 13.0 Å². The van der Waals surface area contributed by atoms with Crippen molar-refractivity contribution in [2.24, 2.45) is 11.8 Å². The average molecular weight is 383 g/mol. The van der Waals surface area contributed by atoms with Crippen molar-refractivity contribution in [2.45, 2.75) is 137 Å². The molecular weight excluding hydrogens is 332 g/mol. The minimum Gasteiger partial charge on any atom is -0.466 e. The van der Waals surface area contributed by atoms with Crippen LogP contribution in [0.5, 0.6) is 0 Å². The van der Waals surface area contributed by atoms with E-state index < -0.39 is 0 Å². The van der Waals surface area contributed by atoms with E-state index in [1.54, 1.807) is 0 Å². The smallest absolute Gasteiger partial charge is 0.305 e. The Morgan fingerprint density at radius 2 is 1.22 bits per heavy atom. The van der Waals surface area contributed by atoms with Crippen molar-refractivity contribution in [3.8, 4) is 0 Å². The first kappa shape index (κ1) is 26.5. The summed E-state index contributed by atoms with van der Waals surface area (Å²) in [4.78, 5) is 11.9. The summed E-state index contributed by atoms with van der Waals surface area (Å²) in [5.74, 6) is 1.73. The highest BCUT2D eigenvalue weighted by molar-refractivity contribution is 5.69. The van der Waals surface area contributed by atoms with Gasteiger partial charge in [0.2, 0.25) is 0 Å². The SMILES string of the molecule is CCCCCCCC(CCC)CCCOC(=O)CCCCCC(CC)CC. The summed E-state index contributed by atoms with van der Waals surface area (Å²) in [6, 6.07) is 0. The van der Waals surface area contributed by atoms with Crippen LogP contribution < -0.4 is 0 Å². The second-order valence-corrected chi connectivity index (χ2v) is 8.50. The zero-order chi connectivity index (χ0) is 20.2. The van der Waals surface area contributed by atoms with E-state index in [0.717, 1.165) is 24.7 Å². The first-order valence-corrected chi connectivity index (χ1v) is 12.3. The molecule has 0 saturated carbocycles. The topological polar surface area (TPSA) is 26.3 Å². The first-order valence-electron chi connectivity index (χ1n) is 12.3. The molecule has 0 aliphatic heterocycles. The molecule has 0 aromatic heterocycles. The number of ether oxygens (including phenoxy) is 1. The van der Waals surface area contributed by atoms with Gasteiger partial charge in [-0.2, -0.15) is 0 Å². The zero-order valence-electron chi connectivity index (χ0n) is 19.2. The molecule has 0 heterocycles. The van der Waals surface area contributed by atoms with Crippen LogP contribution in [0.15, 0.2) is 0 Å². The van der Waals surface area contributed by atoms with Gasteiger partial charge in [-0.15, -0.1) is 0 Å². The van der Waals surface area contributed by atoms with Crippen molar-refractivity contribution >= 4 is 5.97 Å². The van der Waals surface area contributed by atoms with Gasteiger partial charge in [0.1, 0.15) is 0 Å². The molecular formula is C25H50O2. The fourth-order valence-electron chi connectivity index (χ4n) is 4.08. The summed E-state index contributed by atoms with van der Waals surface area (Å²) in [7, 11) is 0. The summed E-state index contributed by atoms with van der Waals surface area (Å²) >= 11 is 0. The molecule has 0 radical (unpaired) electrons. The monoisotopic (exact) mass is 382 g/mol. The largest absolute Gasteiger partial charge is 0.466 e. The summed E-state index contributed by atoms with van der Waals surface area (Å²) in [5, 5.41) is 0. The van der Waals surface area contributed by atoms with Crippen LogP contribution in [0.2, 0.25) is 0 Å². The van der Waals surface area contributed by atoms with Crippen molar-refractivity contribution in [3.05, 3.63) is 0 Å². The standard InChI is InChI=1S/C25H50O2/c1-5-9-10-11-13-19-24(17-6-2)20-16-22-27-25(26)21-15-12-14-18-23(7-3)8-4/h23-24H,5-22H2,1-4H3.